The molecule has 2 fully saturated rings. The van der Waals surface area contributed by atoms with Gasteiger partial charge < -0.3 is 44.8 Å². The molecule has 0 aromatic heterocycles. The SMILES string of the molecule is CC1O[C@@H](O[C@H]2C(C)O[C@@H](CO)[C@@H](O)C2O)[C@@H](O)[C@H](O)C1O. The Labute approximate surface area is 127 Å². The van der Waals surface area contributed by atoms with Crippen LogP contribution < -0.4 is 0 Å². The van der Waals surface area contributed by atoms with E-state index in [9.17, 15) is 25.5 Å². The fourth-order valence-electron chi connectivity index (χ4n) is 2.75. The van der Waals surface area contributed by atoms with E-state index in [-0.39, 0.29) is 0 Å². The molecule has 0 spiro atoms. The zero-order valence-electron chi connectivity index (χ0n) is 12.4. The van der Waals surface area contributed by atoms with Gasteiger partial charge in [0, 0.05) is 0 Å². The van der Waals surface area contributed by atoms with Gasteiger partial charge in [-0.3, -0.25) is 0 Å². The Morgan fingerprint density at radius 3 is 2.00 bits per heavy atom. The van der Waals surface area contributed by atoms with Gasteiger partial charge >= 0.3 is 0 Å². The second kappa shape index (κ2) is 7.04. The molecule has 0 amide bonds. The van der Waals surface area contributed by atoms with E-state index in [1.54, 1.807) is 6.92 Å². The summed E-state index contributed by atoms with van der Waals surface area (Å²) in [4.78, 5) is 0. The van der Waals surface area contributed by atoms with Gasteiger partial charge in [0.15, 0.2) is 6.29 Å². The highest BCUT2D eigenvalue weighted by molar-refractivity contribution is 4.93. The summed E-state index contributed by atoms with van der Waals surface area (Å²) >= 11 is 0. The minimum Gasteiger partial charge on any atom is -0.394 e. The third-order valence-corrected chi connectivity index (χ3v) is 4.20. The van der Waals surface area contributed by atoms with Gasteiger partial charge in [-0.05, 0) is 13.8 Å². The zero-order chi connectivity index (χ0) is 16.6. The quantitative estimate of drug-likeness (QED) is 0.314. The van der Waals surface area contributed by atoms with Crippen LogP contribution in [0.2, 0.25) is 0 Å². The molecule has 0 bridgehead atoms. The molecule has 0 saturated carbocycles. The highest BCUT2D eigenvalue weighted by Gasteiger charge is 2.48. The van der Waals surface area contributed by atoms with Gasteiger partial charge in [-0.2, -0.15) is 0 Å². The van der Waals surface area contributed by atoms with E-state index >= 15 is 0 Å². The second-order valence-corrected chi connectivity index (χ2v) is 5.83. The summed E-state index contributed by atoms with van der Waals surface area (Å²) in [5.41, 5.74) is 0. The predicted molar refractivity (Wildman–Crippen MR) is 70.7 cm³/mol. The van der Waals surface area contributed by atoms with E-state index in [2.05, 4.69) is 0 Å². The average molecular weight is 324 g/mol. The Kier molecular flexibility index (Phi) is 5.75. The molecule has 0 aliphatic carbocycles. The van der Waals surface area contributed by atoms with Crippen LogP contribution in [0.25, 0.3) is 0 Å². The maximum atomic E-state index is 10.1. The summed E-state index contributed by atoms with van der Waals surface area (Å²) in [6.07, 6.45) is -11.7. The molecule has 2 aliphatic rings. The van der Waals surface area contributed by atoms with Crippen molar-refractivity contribution in [2.45, 2.75) is 75.1 Å². The van der Waals surface area contributed by atoms with Crippen LogP contribution in [-0.2, 0) is 14.2 Å². The van der Waals surface area contributed by atoms with E-state index in [0.29, 0.717) is 0 Å². The molecule has 130 valence electrons. The molecule has 9 nitrogen and oxygen atoms in total. The number of hydrogen-bond donors (Lipinski definition) is 6. The fourth-order valence-corrected chi connectivity index (χ4v) is 2.75. The van der Waals surface area contributed by atoms with Crippen molar-refractivity contribution < 1.29 is 44.8 Å². The largest absolute Gasteiger partial charge is 0.394 e. The fraction of sp³-hybridized carbons (Fsp3) is 1.00. The number of rotatable bonds is 3. The zero-order valence-corrected chi connectivity index (χ0v) is 12.4. The summed E-state index contributed by atoms with van der Waals surface area (Å²) in [5.74, 6) is 0. The second-order valence-electron chi connectivity index (χ2n) is 5.83. The molecular weight excluding hydrogens is 300 g/mol. The van der Waals surface area contributed by atoms with Crippen LogP contribution in [0.5, 0.6) is 0 Å². The highest BCUT2D eigenvalue weighted by Crippen LogP contribution is 2.28. The Hall–Kier alpha value is -0.360. The van der Waals surface area contributed by atoms with Crippen LogP contribution in [0, 0.1) is 0 Å². The molecular formula is C13H24O9. The van der Waals surface area contributed by atoms with Crippen molar-refractivity contribution in [2.24, 2.45) is 0 Å². The molecule has 0 aromatic carbocycles. The number of aliphatic hydroxyl groups is 6. The number of hydrogen-bond acceptors (Lipinski definition) is 9. The lowest BCUT2D eigenvalue weighted by atomic mass is 9.95. The van der Waals surface area contributed by atoms with Crippen molar-refractivity contribution in [3.05, 3.63) is 0 Å². The van der Waals surface area contributed by atoms with Gasteiger partial charge in [0.25, 0.3) is 0 Å². The van der Waals surface area contributed by atoms with Gasteiger partial charge in [-0.15, -0.1) is 0 Å². The summed E-state index contributed by atoms with van der Waals surface area (Å²) in [6, 6.07) is 0. The van der Waals surface area contributed by atoms with Crippen molar-refractivity contribution in [3.63, 3.8) is 0 Å². The van der Waals surface area contributed by atoms with Crippen molar-refractivity contribution >= 4 is 0 Å². The van der Waals surface area contributed by atoms with Crippen LogP contribution >= 0.6 is 0 Å². The van der Waals surface area contributed by atoms with E-state index in [1.807, 2.05) is 0 Å². The molecule has 2 saturated heterocycles. The van der Waals surface area contributed by atoms with Gasteiger partial charge in [-0.1, -0.05) is 0 Å². The molecule has 4 unspecified atom stereocenters. The summed E-state index contributed by atoms with van der Waals surface area (Å²) in [5, 5.41) is 58.3. The van der Waals surface area contributed by atoms with Gasteiger partial charge in [0.05, 0.1) is 18.8 Å². The van der Waals surface area contributed by atoms with Crippen molar-refractivity contribution in [1.82, 2.24) is 0 Å². The Morgan fingerprint density at radius 1 is 0.773 bits per heavy atom. The van der Waals surface area contributed by atoms with Crippen LogP contribution in [0.1, 0.15) is 13.8 Å². The third-order valence-electron chi connectivity index (χ3n) is 4.20. The monoisotopic (exact) mass is 324 g/mol. The lowest BCUT2D eigenvalue weighted by Gasteiger charge is -2.45. The van der Waals surface area contributed by atoms with Crippen LogP contribution in [0.15, 0.2) is 0 Å². The topological polar surface area (TPSA) is 149 Å². The van der Waals surface area contributed by atoms with Crippen molar-refractivity contribution in [1.29, 1.82) is 0 Å². The summed E-state index contributed by atoms with van der Waals surface area (Å²) < 4.78 is 16.1. The van der Waals surface area contributed by atoms with E-state index in [4.69, 9.17) is 19.3 Å². The maximum absolute atomic E-state index is 10.1. The lowest BCUT2D eigenvalue weighted by Crippen LogP contribution is -2.63. The third kappa shape index (κ3) is 3.28. The first kappa shape index (κ1) is 18.0. The molecule has 0 radical (unpaired) electrons. The summed E-state index contributed by atoms with van der Waals surface area (Å²) in [7, 11) is 0. The number of ether oxygens (including phenoxy) is 3. The van der Waals surface area contributed by atoms with Crippen LogP contribution in [0.4, 0.5) is 0 Å². The van der Waals surface area contributed by atoms with Crippen molar-refractivity contribution in [2.75, 3.05) is 6.61 Å². The van der Waals surface area contributed by atoms with E-state index in [1.165, 1.54) is 6.92 Å². The first-order valence-corrected chi connectivity index (χ1v) is 7.25. The first-order valence-electron chi connectivity index (χ1n) is 7.25. The van der Waals surface area contributed by atoms with Crippen LogP contribution in [0.3, 0.4) is 0 Å². The highest BCUT2D eigenvalue weighted by atomic mass is 16.7. The molecule has 9 heteroatoms. The van der Waals surface area contributed by atoms with Crippen molar-refractivity contribution in [3.8, 4) is 0 Å². The average Bonchev–Trinajstić information content (AvgIpc) is 2.49. The minimum absolute atomic E-state index is 0.459. The van der Waals surface area contributed by atoms with Gasteiger partial charge in [-0.25, -0.2) is 0 Å². The first-order chi connectivity index (χ1) is 10.3. The van der Waals surface area contributed by atoms with Gasteiger partial charge in [0.2, 0.25) is 0 Å². The summed E-state index contributed by atoms with van der Waals surface area (Å²) in [6.45, 7) is 2.62. The molecule has 10 atom stereocenters. The number of aliphatic hydroxyl groups excluding tert-OH is 6. The molecule has 2 heterocycles. The molecule has 0 aromatic rings. The van der Waals surface area contributed by atoms with Crippen LogP contribution in [-0.4, -0.2) is 98.5 Å². The molecule has 2 rings (SSSR count). The van der Waals surface area contributed by atoms with Gasteiger partial charge in [0.1, 0.15) is 42.7 Å². The minimum atomic E-state index is -1.52. The molecule has 2 aliphatic heterocycles. The Bertz CT molecular complexity index is 367. The lowest BCUT2D eigenvalue weighted by molar-refractivity contribution is -0.335. The Morgan fingerprint density at radius 2 is 1.41 bits per heavy atom. The molecule has 6 N–H and O–H groups in total. The predicted octanol–water partition coefficient (Wildman–Crippen LogP) is -3.30. The normalized spacial score (nSPS) is 53.5. The smallest absolute Gasteiger partial charge is 0.187 e. The Balaban J connectivity index is 2.06. The maximum Gasteiger partial charge on any atom is 0.187 e. The van der Waals surface area contributed by atoms with E-state index in [0.717, 1.165) is 0 Å². The van der Waals surface area contributed by atoms with E-state index < -0.39 is 67.8 Å². The standard InChI is InChI=1S/C13H24O9/c1-4-7(15)9(17)11(19)13(21-4)22-12-5(2)20-6(3-14)8(16)10(12)18/h4-19H,3H2,1-2H3/t4?,5?,6-,7?,8+,9+,10?,11-,12-,13-/m0/s1. The molecule has 22 heavy (non-hydrogen) atoms.